The van der Waals surface area contributed by atoms with E-state index in [2.05, 4.69) is 246 Å². The molecule has 0 atom stereocenters. The molecule has 12 rings (SSSR count). The van der Waals surface area contributed by atoms with Crippen LogP contribution in [0.5, 0.6) is 0 Å². The molecule has 296 valence electrons. The Morgan fingerprint density at radius 3 is 1.71 bits per heavy atom. The van der Waals surface area contributed by atoms with Gasteiger partial charge in [-0.3, -0.25) is 0 Å². The summed E-state index contributed by atoms with van der Waals surface area (Å²) in [6, 6.07) is 87.1. The molecule has 12 aromatic rings. The van der Waals surface area contributed by atoms with Crippen molar-refractivity contribution in [2.75, 3.05) is 4.90 Å². The highest BCUT2D eigenvalue weighted by Gasteiger charge is 2.24. The molecule has 0 spiro atoms. The summed E-state index contributed by atoms with van der Waals surface area (Å²) in [6.45, 7) is 0. The first kappa shape index (κ1) is 36.5. The van der Waals surface area contributed by atoms with Gasteiger partial charge in [0.05, 0.1) is 22.4 Å². The van der Waals surface area contributed by atoms with Crippen molar-refractivity contribution in [1.29, 1.82) is 0 Å². The third-order valence-electron chi connectivity index (χ3n) is 12.4. The van der Waals surface area contributed by atoms with Crippen LogP contribution in [0, 0.1) is 0 Å². The summed E-state index contributed by atoms with van der Waals surface area (Å²) < 4.78 is 9.07. The standard InChI is InChI=1S/C60H40N2O/c1-4-18-41(19-5-1)42-34-36-44(37-35-42)47-24-10-13-29-54(47)62-55-30-14-11-26-52(55)59-56(31-17-32-57(59)62)61(45-22-8-3-9-23-45)46-38-39-48(53(40-46)43-20-6-2-7-21-43)50-27-16-28-51-49-25-12-15-33-58(49)63-60(50)51/h1-40H. The number of anilines is 3. The van der Waals surface area contributed by atoms with Gasteiger partial charge >= 0.3 is 0 Å². The lowest BCUT2D eigenvalue weighted by Gasteiger charge is -2.28. The number of rotatable bonds is 8. The Hall–Kier alpha value is -8.40. The topological polar surface area (TPSA) is 21.3 Å². The van der Waals surface area contributed by atoms with Crippen LogP contribution in [0.4, 0.5) is 17.1 Å². The molecule has 0 aliphatic heterocycles. The molecule has 0 bridgehead atoms. The lowest BCUT2D eigenvalue weighted by atomic mass is 9.92. The molecule has 63 heavy (non-hydrogen) atoms. The van der Waals surface area contributed by atoms with Gasteiger partial charge in [-0.1, -0.05) is 188 Å². The van der Waals surface area contributed by atoms with E-state index >= 15 is 0 Å². The number of hydrogen-bond donors (Lipinski definition) is 0. The third-order valence-corrected chi connectivity index (χ3v) is 12.4. The van der Waals surface area contributed by atoms with Crippen molar-refractivity contribution in [3.8, 4) is 50.2 Å². The third kappa shape index (κ3) is 6.21. The number of fused-ring (bicyclic) bond motifs is 6. The zero-order valence-electron chi connectivity index (χ0n) is 34.4. The zero-order valence-corrected chi connectivity index (χ0v) is 34.4. The first-order chi connectivity index (χ1) is 31.3. The molecule has 0 fully saturated rings. The normalized spacial score (nSPS) is 11.5. The van der Waals surface area contributed by atoms with Crippen LogP contribution >= 0.6 is 0 Å². The van der Waals surface area contributed by atoms with Crippen molar-refractivity contribution in [2.45, 2.75) is 0 Å². The van der Waals surface area contributed by atoms with Crippen LogP contribution in [-0.4, -0.2) is 4.57 Å². The van der Waals surface area contributed by atoms with Gasteiger partial charge in [0.1, 0.15) is 11.2 Å². The fraction of sp³-hybridized carbons (Fsp3) is 0. The van der Waals surface area contributed by atoms with E-state index < -0.39 is 0 Å². The van der Waals surface area contributed by atoms with Gasteiger partial charge in [0, 0.05) is 44.0 Å². The van der Waals surface area contributed by atoms with Gasteiger partial charge in [0.2, 0.25) is 0 Å². The lowest BCUT2D eigenvalue weighted by molar-refractivity contribution is 0.670. The first-order valence-electron chi connectivity index (χ1n) is 21.5. The van der Waals surface area contributed by atoms with E-state index in [-0.39, 0.29) is 0 Å². The maximum absolute atomic E-state index is 6.62. The SMILES string of the molecule is c1ccc(-c2ccc(-c3ccccc3-n3c4ccccc4c4c(N(c5ccccc5)c5ccc(-c6cccc7c6oc6ccccc67)c(-c6ccccc6)c5)cccc43)cc2)cc1. The smallest absolute Gasteiger partial charge is 0.143 e. The largest absolute Gasteiger partial charge is 0.455 e. The Bertz CT molecular complexity index is 3600. The fourth-order valence-corrected chi connectivity index (χ4v) is 9.56. The quantitative estimate of drug-likeness (QED) is 0.153. The highest BCUT2D eigenvalue weighted by Crippen LogP contribution is 2.47. The molecule has 0 amide bonds. The van der Waals surface area contributed by atoms with E-state index in [1.165, 1.54) is 33.0 Å². The van der Waals surface area contributed by atoms with Crippen molar-refractivity contribution < 1.29 is 4.42 Å². The minimum Gasteiger partial charge on any atom is -0.455 e. The zero-order chi connectivity index (χ0) is 41.7. The van der Waals surface area contributed by atoms with E-state index in [4.69, 9.17) is 4.42 Å². The van der Waals surface area contributed by atoms with Crippen molar-refractivity contribution >= 4 is 60.8 Å². The first-order valence-corrected chi connectivity index (χ1v) is 21.5. The summed E-state index contributed by atoms with van der Waals surface area (Å²) >= 11 is 0. The van der Waals surface area contributed by atoms with Crippen molar-refractivity contribution in [1.82, 2.24) is 4.57 Å². The Kier molecular flexibility index (Phi) is 8.83. The van der Waals surface area contributed by atoms with Crippen LogP contribution in [0.3, 0.4) is 0 Å². The van der Waals surface area contributed by atoms with E-state index in [9.17, 15) is 0 Å². The Morgan fingerprint density at radius 2 is 0.905 bits per heavy atom. The monoisotopic (exact) mass is 804 g/mol. The summed E-state index contributed by atoms with van der Waals surface area (Å²) in [7, 11) is 0. The predicted octanol–water partition coefficient (Wildman–Crippen LogP) is 16.8. The molecule has 2 heterocycles. The highest BCUT2D eigenvalue weighted by atomic mass is 16.3. The molecule has 3 heteroatoms. The van der Waals surface area contributed by atoms with Crippen molar-refractivity contribution in [3.05, 3.63) is 243 Å². The second kappa shape index (κ2) is 15.3. The molecule has 0 saturated heterocycles. The molecule has 0 aliphatic rings. The molecule has 2 aromatic heterocycles. The molecule has 10 aromatic carbocycles. The maximum atomic E-state index is 6.62. The van der Waals surface area contributed by atoms with Gasteiger partial charge in [-0.05, 0) is 88.0 Å². The maximum Gasteiger partial charge on any atom is 0.143 e. The van der Waals surface area contributed by atoms with Gasteiger partial charge in [0.15, 0.2) is 0 Å². The van der Waals surface area contributed by atoms with Crippen LogP contribution in [0.25, 0.3) is 93.9 Å². The molecule has 3 nitrogen and oxygen atoms in total. The van der Waals surface area contributed by atoms with Crippen LogP contribution in [-0.2, 0) is 0 Å². The number of benzene rings is 10. The van der Waals surface area contributed by atoms with Gasteiger partial charge < -0.3 is 13.9 Å². The lowest BCUT2D eigenvalue weighted by Crippen LogP contribution is -2.10. The van der Waals surface area contributed by atoms with E-state index in [0.717, 1.165) is 78.0 Å². The molecule has 0 aliphatic carbocycles. The van der Waals surface area contributed by atoms with E-state index in [1.54, 1.807) is 0 Å². The van der Waals surface area contributed by atoms with E-state index in [1.807, 2.05) is 6.07 Å². The minimum absolute atomic E-state index is 0.893. The number of furan rings is 1. The number of aromatic nitrogens is 1. The second-order valence-corrected chi connectivity index (χ2v) is 16.0. The highest BCUT2D eigenvalue weighted by molar-refractivity contribution is 6.17. The average Bonchev–Trinajstić information content (AvgIpc) is 3.92. The summed E-state index contributed by atoms with van der Waals surface area (Å²) in [5, 5.41) is 4.61. The second-order valence-electron chi connectivity index (χ2n) is 16.0. The van der Waals surface area contributed by atoms with Crippen molar-refractivity contribution in [2.24, 2.45) is 0 Å². The van der Waals surface area contributed by atoms with Gasteiger partial charge in [-0.2, -0.15) is 0 Å². The average molecular weight is 805 g/mol. The van der Waals surface area contributed by atoms with Gasteiger partial charge in [0.25, 0.3) is 0 Å². The van der Waals surface area contributed by atoms with Crippen LogP contribution < -0.4 is 4.90 Å². The summed E-state index contributed by atoms with van der Waals surface area (Å²) in [5.41, 5.74) is 17.7. The Morgan fingerprint density at radius 1 is 0.333 bits per heavy atom. The molecule has 0 N–H and O–H groups in total. The predicted molar refractivity (Wildman–Crippen MR) is 264 cm³/mol. The number of para-hydroxylation sites is 5. The molecule has 0 radical (unpaired) electrons. The summed E-state index contributed by atoms with van der Waals surface area (Å²) in [6.07, 6.45) is 0. The van der Waals surface area contributed by atoms with Crippen molar-refractivity contribution in [3.63, 3.8) is 0 Å². The Balaban J connectivity index is 1.07. The van der Waals surface area contributed by atoms with Crippen LogP contribution in [0.15, 0.2) is 247 Å². The fourth-order valence-electron chi connectivity index (χ4n) is 9.56. The molecular formula is C60H40N2O. The van der Waals surface area contributed by atoms with E-state index in [0.29, 0.717) is 0 Å². The van der Waals surface area contributed by atoms with Gasteiger partial charge in [-0.15, -0.1) is 0 Å². The Labute approximate surface area is 366 Å². The van der Waals surface area contributed by atoms with Crippen LogP contribution in [0.2, 0.25) is 0 Å². The van der Waals surface area contributed by atoms with Crippen LogP contribution in [0.1, 0.15) is 0 Å². The minimum atomic E-state index is 0.893. The summed E-state index contributed by atoms with van der Waals surface area (Å²) in [5.74, 6) is 0. The molecule has 0 unspecified atom stereocenters. The summed E-state index contributed by atoms with van der Waals surface area (Å²) in [4.78, 5) is 2.42. The number of hydrogen-bond acceptors (Lipinski definition) is 2. The molecular weight excluding hydrogens is 765 g/mol. The molecule has 0 saturated carbocycles. The van der Waals surface area contributed by atoms with Gasteiger partial charge in [-0.25, -0.2) is 0 Å². The number of nitrogens with zero attached hydrogens (tertiary/aromatic N) is 2.